The van der Waals surface area contributed by atoms with E-state index < -0.39 is 5.31 Å². The van der Waals surface area contributed by atoms with Gasteiger partial charge in [-0.3, -0.25) is 4.79 Å². The van der Waals surface area contributed by atoms with E-state index in [9.17, 15) is 4.79 Å². The van der Waals surface area contributed by atoms with Crippen LogP contribution in [0.3, 0.4) is 0 Å². The third-order valence-electron chi connectivity index (χ3n) is 3.51. The smallest absolute Gasteiger partial charge is 0.193 e. The van der Waals surface area contributed by atoms with Crippen molar-refractivity contribution in [1.82, 2.24) is 0 Å². The monoisotopic (exact) mass is 262 g/mol. The summed E-state index contributed by atoms with van der Waals surface area (Å²) in [6.45, 7) is 5.90. The second kappa shape index (κ2) is 5.66. The molecule has 1 nitrogen and oxygen atoms in total. The average molecular weight is 262 g/mol. The van der Waals surface area contributed by atoms with Crippen LogP contribution >= 0.6 is 0 Å². The topological polar surface area (TPSA) is 17.1 Å². The Hall–Kier alpha value is -1.83. The van der Waals surface area contributed by atoms with Crippen molar-refractivity contribution in [2.75, 3.05) is 0 Å². The Bertz CT molecular complexity index is 623. The van der Waals surface area contributed by atoms with E-state index in [2.05, 4.69) is 6.92 Å². The van der Waals surface area contributed by atoms with Gasteiger partial charge in [0.2, 0.25) is 0 Å². The third kappa shape index (κ3) is 2.85. The van der Waals surface area contributed by atoms with E-state index in [1.165, 1.54) is 0 Å². The minimum Gasteiger partial charge on any atom is -0.289 e. The molecule has 20 heavy (non-hydrogen) atoms. The van der Waals surface area contributed by atoms with Crippen molar-refractivity contribution in [3.63, 3.8) is 0 Å². The van der Waals surface area contributed by atoms with E-state index in [1.807, 2.05) is 62.4 Å². The maximum absolute atomic E-state index is 12.8. The first-order valence-electron chi connectivity index (χ1n) is 6.96. The number of rotatable bonds is 4. The molecule has 0 bridgehead atoms. The number of hydrogen-bond donors (Lipinski definition) is 0. The van der Waals surface area contributed by atoms with Crippen molar-refractivity contribution in [3.05, 3.63) is 70.8 Å². The highest BCUT2D eigenvalue weighted by Gasteiger charge is 2.22. The second-order valence-electron chi connectivity index (χ2n) is 5.61. The fourth-order valence-corrected chi connectivity index (χ4v) is 2.44. The SMILES string of the molecule is [B]C(C)(C)c1ccccc1C(=O)c1ccccc1CC. The predicted octanol–water partition coefficient (Wildman–Crippen LogP) is 3.88. The van der Waals surface area contributed by atoms with Gasteiger partial charge in [-0.15, -0.1) is 0 Å². The van der Waals surface area contributed by atoms with Crippen molar-refractivity contribution < 1.29 is 4.79 Å². The quantitative estimate of drug-likeness (QED) is 0.603. The van der Waals surface area contributed by atoms with Crippen LogP contribution in [0.25, 0.3) is 0 Å². The number of aryl methyl sites for hydroxylation is 1. The van der Waals surface area contributed by atoms with Crippen LogP contribution in [-0.4, -0.2) is 13.6 Å². The maximum atomic E-state index is 12.8. The zero-order chi connectivity index (χ0) is 14.8. The van der Waals surface area contributed by atoms with E-state index in [1.54, 1.807) is 0 Å². The molecule has 2 aromatic carbocycles. The molecule has 0 aromatic heterocycles. The minimum atomic E-state index is -0.534. The highest BCUT2D eigenvalue weighted by Crippen LogP contribution is 2.26. The molecule has 0 saturated heterocycles. The van der Waals surface area contributed by atoms with Crippen LogP contribution in [0.2, 0.25) is 0 Å². The summed E-state index contributed by atoms with van der Waals surface area (Å²) in [5.41, 5.74) is 3.42. The standard InChI is InChI=1S/C18H19BO/c1-4-13-9-5-6-10-14(13)17(20)15-11-7-8-12-16(15)18(2,3)19/h5-12H,4H2,1-3H3. The highest BCUT2D eigenvalue weighted by atomic mass is 16.1. The molecule has 0 unspecified atom stereocenters. The molecule has 0 aliphatic heterocycles. The van der Waals surface area contributed by atoms with E-state index in [-0.39, 0.29) is 5.78 Å². The Balaban J connectivity index is 2.55. The molecular weight excluding hydrogens is 243 g/mol. The Morgan fingerprint density at radius 2 is 1.55 bits per heavy atom. The van der Waals surface area contributed by atoms with Gasteiger partial charge in [0.1, 0.15) is 0 Å². The molecular formula is C18H19BO. The summed E-state index contributed by atoms with van der Waals surface area (Å²) in [6, 6.07) is 15.4. The molecule has 2 rings (SSSR count). The molecule has 0 heterocycles. The molecule has 0 spiro atoms. The molecule has 0 amide bonds. The van der Waals surface area contributed by atoms with Gasteiger partial charge in [0, 0.05) is 11.1 Å². The first kappa shape index (κ1) is 14.6. The van der Waals surface area contributed by atoms with Gasteiger partial charge in [-0.05, 0) is 22.9 Å². The van der Waals surface area contributed by atoms with Crippen molar-refractivity contribution in [2.45, 2.75) is 32.5 Å². The first-order chi connectivity index (χ1) is 9.45. The zero-order valence-electron chi connectivity index (χ0n) is 12.3. The lowest BCUT2D eigenvalue weighted by atomic mass is 9.65. The van der Waals surface area contributed by atoms with Gasteiger partial charge in [-0.25, -0.2) is 0 Å². The molecule has 2 radical (unpaired) electrons. The van der Waals surface area contributed by atoms with Crippen molar-refractivity contribution in [1.29, 1.82) is 0 Å². The molecule has 0 aliphatic carbocycles. The van der Waals surface area contributed by atoms with E-state index in [4.69, 9.17) is 7.85 Å². The Labute approximate surface area is 122 Å². The van der Waals surface area contributed by atoms with Gasteiger partial charge in [-0.1, -0.05) is 69.3 Å². The van der Waals surface area contributed by atoms with Gasteiger partial charge in [0.05, 0.1) is 7.85 Å². The Kier molecular flexibility index (Phi) is 4.13. The van der Waals surface area contributed by atoms with Gasteiger partial charge < -0.3 is 0 Å². The first-order valence-corrected chi connectivity index (χ1v) is 6.96. The zero-order valence-corrected chi connectivity index (χ0v) is 12.3. The molecule has 0 aliphatic rings. The fourth-order valence-electron chi connectivity index (χ4n) is 2.44. The van der Waals surface area contributed by atoms with E-state index >= 15 is 0 Å². The van der Waals surface area contributed by atoms with Crippen molar-refractivity contribution in [2.24, 2.45) is 0 Å². The molecule has 100 valence electrons. The minimum absolute atomic E-state index is 0.0524. The summed E-state index contributed by atoms with van der Waals surface area (Å²) in [5, 5.41) is -0.534. The van der Waals surface area contributed by atoms with Crippen LogP contribution in [-0.2, 0) is 11.7 Å². The average Bonchev–Trinajstić information content (AvgIpc) is 2.45. The van der Waals surface area contributed by atoms with Crippen molar-refractivity contribution in [3.8, 4) is 0 Å². The van der Waals surface area contributed by atoms with Gasteiger partial charge in [0.15, 0.2) is 5.78 Å². The van der Waals surface area contributed by atoms with Crippen LogP contribution in [0.4, 0.5) is 0 Å². The summed E-state index contributed by atoms with van der Waals surface area (Å²) in [7, 11) is 6.19. The Morgan fingerprint density at radius 1 is 1.00 bits per heavy atom. The lowest BCUT2D eigenvalue weighted by molar-refractivity contribution is 0.103. The number of benzene rings is 2. The third-order valence-corrected chi connectivity index (χ3v) is 3.51. The fraction of sp³-hybridized carbons (Fsp3) is 0.278. The molecule has 0 N–H and O–H groups in total. The summed E-state index contributed by atoms with van der Waals surface area (Å²) in [5.74, 6) is 0.0524. The predicted molar refractivity (Wildman–Crippen MR) is 84.5 cm³/mol. The summed E-state index contributed by atoms with van der Waals surface area (Å²) in [6.07, 6.45) is 0.843. The van der Waals surface area contributed by atoms with E-state index in [0.29, 0.717) is 5.56 Å². The molecule has 2 heteroatoms. The lowest BCUT2D eigenvalue weighted by Crippen LogP contribution is -2.21. The maximum Gasteiger partial charge on any atom is 0.193 e. The normalized spacial score (nSPS) is 11.3. The largest absolute Gasteiger partial charge is 0.289 e. The van der Waals surface area contributed by atoms with Gasteiger partial charge in [-0.2, -0.15) is 0 Å². The van der Waals surface area contributed by atoms with Crippen LogP contribution in [0.15, 0.2) is 48.5 Å². The highest BCUT2D eigenvalue weighted by molar-refractivity contribution is 6.18. The van der Waals surface area contributed by atoms with E-state index in [0.717, 1.165) is 23.1 Å². The Morgan fingerprint density at radius 3 is 2.15 bits per heavy atom. The van der Waals surface area contributed by atoms with Crippen molar-refractivity contribution >= 4 is 13.6 Å². The number of hydrogen-bond acceptors (Lipinski definition) is 1. The number of ketones is 1. The summed E-state index contributed by atoms with van der Waals surface area (Å²) < 4.78 is 0. The van der Waals surface area contributed by atoms with Crippen LogP contribution in [0, 0.1) is 0 Å². The summed E-state index contributed by atoms with van der Waals surface area (Å²) in [4.78, 5) is 12.8. The second-order valence-corrected chi connectivity index (χ2v) is 5.61. The number of carbonyl (C=O) groups is 1. The summed E-state index contributed by atoms with van der Waals surface area (Å²) >= 11 is 0. The van der Waals surface area contributed by atoms with Crippen LogP contribution in [0.5, 0.6) is 0 Å². The van der Waals surface area contributed by atoms with Gasteiger partial charge >= 0.3 is 0 Å². The molecule has 0 saturated carbocycles. The van der Waals surface area contributed by atoms with Gasteiger partial charge in [0.25, 0.3) is 0 Å². The van der Waals surface area contributed by atoms with Crippen LogP contribution < -0.4 is 0 Å². The molecule has 2 aromatic rings. The molecule has 0 atom stereocenters. The van der Waals surface area contributed by atoms with Crippen LogP contribution in [0.1, 0.15) is 47.8 Å². The molecule has 0 fully saturated rings. The number of carbonyl (C=O) groups excluding carboxylic acids is 1. The lowest BCUT2D eigenvalue weighted by Gasteiger charge is -2.23.